The van der Waals surface area contributed by atoms with Gasteiger partial charge in [0.1, 0.15) is 11.9 Å². The van der Waals surface area contributed by atoms with Crippen LogP contribution in [0, 0.1) is 5.92 Å². The SMILES string of the molecule is CC(C)CC(=O)c1cn(CCCN2CCC(Oc3ccc(Cl)cc3)CC2)c2ccccc12. The molecule has 0 spiro atoms. The van der Waals surface area contributed by atoms with Gasteiger partial charge in [-0.25, -0.2) is 0 Å². The first-order valence-electron chi connectivity index (χ1n) is 11.8. The smallest absolute Gasteiger partial charge is 0.165 e. The molecule has 0 saturated carbocycles. The minimum absolute atomic E-state index is 0.248. The molecule has 0 radical (unpaired) electrons. The molecule has 1 fully saturated rings. The summed E-state index contributed by atoms with van der Waals surface area (Å²) in [5.41, 5.74) is 2.03. The van der Waals surface area contributed by atoms with E-state index in [1.807, 2.05) is 30.3 Å². The summed E-state index contributed by atoms with van der Waals surface area (Å²) in [6, 6.07) is 15.9. The van der Waals surface area contributed by atoms with E-state index < -0.39 is 0 Å². The lowest BCUT2D eigenvalue weighted by Crippen LogP contribution is -2.38. The average molecular weight is 453 g/mol. The van der Waals surface area contributed by atoms with E-state index in [0.29, 0.717) is 12.3 Å². The number of nitrogens with zero attached hydrogens (tertiary/aromatic N) is 2. The number of aryl methyl sites for hydroxylation is 1. The predicted octanol–water partition coefficient (Wildman–Crippen LogP) is 6.46. The van der Waals surface area contributed by atoms with Gasteiger partial charge in [-0.3, -0.25) is 4.79 Å². The fourth-order valence-corrected chi connectivity index (χ4v) is 4.68. The largest absolute Gasteiger partial charge is 0.490 e. The van der Waals surface area contributed by atoms with Crippen LogP contribution in [0.4, 0.5) is 0 Å². The third kappa shape index (κ3) is 5.73. The maximum absolute atomic E-state index is 12.7. The molecule has 1 aliphatic heterocycles. The van der Waals surface area contributed by atoms with Crippen LogP contribution in [0.5, 0.6) is 5.75 Å². The molecule has 0 N–H and O–H groups in total. The monoisotopic (exact) mass is 452 g/mol. The van der Waals surface area contributed by atoms with Crippen molar-refractivity contribution < 1.29 is 9.53 Å². The van der Waals surface area contributed by atoms with Gasteiger partial charge >= 0.3 is 0 Å². The normalized spacial score (nSPS) is 15.5. The molecule has 0 aliphatic carbocycles. The number of hydrogen-bond acceptors (Lipinski definition) is 3. The van der Waals surface area contributed by atoms with Gasteiger partial charge in [0.25, 0.3) is 0 Å². The fraction of sp³-hybridized carbons (Fsp3) is 0.444. The molecule has 32 heavy (non-hydrogen) atoms. The molecule has 3 aromatic rings. The second kappa shape index (κ2) is 10.5. The summed E-state index contributed by atoms with van der Waals surface area (Å²) < 4.78 is 8.37. The molecule has 4 rings (SSSR count). The first kappa shape index (κ1) is 22.9. The lowest BCUT2D eigenvalue weighted by molar-refractivity contribution is 0.0969. The van der Waals surface area contributed by atoms with Crippen molar-refractivity contribution >= 4 is 28.3 Å². The van der Waals surface area contributed by atoms with Crippen LogP contribution in [0.15, 0.2) is 54.7 Å². The van der Waals surface area contributed by atoms with Crippen LogP contribution in [0.2, 0.25) is 5.02 Å². The number of rotatable bonds is 9. The third-order valence-corrected chi connectivity index (χ3v) is 6.46. The van der Waals surface area contributed by atoms with Crippen molar-refractivity contribution in [1.29, 1.82) is 0 Å². The Labute approximate surface area is 196 Å². The Hall–Kier alpha value is -2.30. The summed E-state index contributed by atoms with van der Waals surface area (Å²) in [4.78, 5) is 15.3. The van der Waals surface area contributed by atoms with E-state index in [2.05, 4.69) is 47.7 Å². The Morgan fingerprint density at radius 3 is 2.50 bits per heavy atom. The summed E-state index contributed by atoms with van der Waals surface area (Å²) in [6.45, 7) is 8.30. The van der Waals surface area contributed by atoms with Crippen LogP contribution < -0.4 is 4.74 Å². The van der Waals surface area contributed by atoms with Gasteiger partial charge in [-0.2, -0.15) is 0 Å². The zero-order valence-corrected chi connectivity index (χ0v) is 19.9. The van der Waals surface area contributed by atoms with E-state index in [9.17, 15) is 4.79 Å². The molecule has 1 aromatic heterocycles. The van der Waals surface area contributed by atoms with Crippen molar-refractivity contribution in [2.45, 2.75) is 52.2 Å². The topological polar surface area (TPSA) is 34.5 Å². The van der Waals surface area contributed by atoms with Gasteiger partial charge in [0.15, 0.2) is 5.78 Å². The first-order valence-corrected chi connectivity index (χ1v) is 12.1. The number of likely N-dealkylation sites (tertiary alicyclic amines) is 1. The van der Waals surface area contributed by atoms with E-state index in [-0.39, 0.29) is 11.9 Å². The fourth-order valence-electron chi connectivity index (χ4n) is 4.56. The lowest BCUT2D eigenvalue weighted by atomic mass is 10.0. The Balaban J connectivity index is 1.29. The summed E-state index contributed by atoms with van der Waals surface area (Å²) in [5.74, 6) is 1.52. The molecule has 1 aliphatic rings. The van der Waals surface area contributed by atoms with Crippen molar-refractivity contribution in [2.24, 2.45) is 5.92 Å². The quantitative estimate of drug-likeness (QED) is 0.349. The molecule has 0 bridgehead atoms. The Bertz CT molecular complexity index is 1030. The van der Waals surface area contributed by atoms with Gasteiger partial charge in [-0.05, 0) is 62.1 Å². The molecular formula is C27H33ClN2O2. The van der Waals surface area contributed by atoms with Gasteiger partial charge in [0.05, 0.1) is 0 Å². The van der Waals surface area contributed by atoms with Crippen LogP contribution in [-0.2, 0) is 6.54 Å². The van der Waals surface area contributed by atoms with Crippen LogP contribution in [-0.4, -0.2) is 41.0 Å². The lowest BCUT2D eigenvalue weighted by Gasteiger charge is -2.32. The summed E-state index contributed by atoms with van der Waals surface area (Å²) in [7, 11) is 0. The molecule has 0 unspecified atom stereocenters. The molecule has 0 atom stereocenters. The maximum Gasteiger partial charge on any atom is 0.165 e. The van der Waals surface area contributed by atoms with Gasteiger partial charge in [0, 0.05) is 53.7 Å². The molecule has 2 heterocycles. The highest BCUT2D eigenvalue weighted by molar-refractivity contribution is 6.30. The van der Waals surface area contributed by atoms with Gasteiger partial charge in [0.2, 0.25) is 0 Å². The van der Waals surface area contributed by atoms with Crippen LogP contribution >= 0.6 is 11.6 Å². The number of hydrogen-bond donors (Lipinski definition) is 0. The summed E-state index contributed by atoms with van der Waals surface area (Å²) in [5, 5.41) is 1.82. The van der Waals surface area contributed by atoms with Crippen molar-refractivity contribution in [2.75, 3.05) is 19.6 Å². The maximum atomic E-state index is 12.7. The number of fused-ring (bicyclic) bond motifs is 1. The summed E-state index contributed by atoms with van der Waals surface area (Å²) >= 11 is 5.95. The number of Topliss-reactive ketones (excluding diaryl/α,β-unsaturated/α-hetero) is 1. The Kier molecular flexibility index (Phi) is 7.54. The average Bonchev–Trinajstić information content (AvgIpc) is 3.15. The third-order valence-electron chi connectivity index (χ3n) is 6.21. The van der Waals surface area contributed by atoms with Crippen molar-refractivity contribution in [1.82, 2.24) is 9.47 Å². The molecule has 5 heteroatoms. The zero-order valence-electron chi connectivity index (χ0n) is 19.1. The number of para-hydroxylation sites is 1. The number of ether oxygens (including phenoxy) is 1. The highest BCUT2D eigenvalue weighted by Crippen LogP contribution is 2.25. The number of ketones is 1. The molecule has 2 aromatic carbocycles. The molecule has 170 valence electrons. The second-order valence-electron chi connectivity index (χ2n) is 9.24. The Morgan fingerprint density at radius 1 is 1.06 bits per heavy atom. The zero-order chi connectivity index (χ0) is 22.5. The molecule has 1 saturated heterocycles. The molecule has 4 nitrogen and oxygen atoms in total. The van der Waals surface area contributed by atoms with E-state index in [0.717, 1.165) is 72.7 Å². The summed E-state index contributed by atoms with van der Waals surface area (Å²) in [6.07, 6.45) is 6.10. The van der Waals surface area contributed by atoms with Crippen LogP contribution in [0.3, 0.4) is 0 Å². The van der Waals surface area contributed by atoms with E-state index >= 15 is 0 Å². The number of benzene rings is 2. The molecular weight excluding hydrogens is 420 g/mol. The van der Waals surface area contributed by atoms with Crippen molar-refractivity contribution in [3.05, 3.63) is 65.3 Å². The second-order valence-corrected chi connectivity index (χ2v) is 9.68. The van der Waals surface area contributed by atoms with Crippen molar-refractivity contribution in [3.63, 3.8) is 0 Å². The standard InChI is InChI=1S/C27H33ClN2O2/c1-20(2)18-27(31)25-19-30(26-7-4-3-6-24(25)26)15-5-14-29-16-12-23(13-17-29)32-22-10-8-21(28)9-11-22/h3-4,6-11,19-20,23H,5,12-18H2,1-2H3. The highest BCUT2D eigenvalue weighted by Gasteiger charge is 2.21. The van der Waals surface area contributed by atoms with Crippen molar-refractivity contribution in [3.8, 4) is 5.75 Å². The molecule has 0 amide bonds. The van der Waals surface area contributed by atoms with Gasteiger partial charge in [-0.1, -0.05) is 43.6 Å². The van der Waals surface area contributed by atoms with E-state index in [4.69, 9.17) is 16.3 Å². The van der Waals surface area contributed by atoms with Crippen LogP contribution in [0.1, 0.15) is 49.9 Å². The van der Waals surface area contributed by atoms with Crippen LogP contribution in [0.25, 0.3) is 10.9 Å². The van der Waals surface area contributed by atoms with Gasteiger partial charge < -0.3 is 14.2 Å². The van der Waals surface area contributed by atoms with Gasteiger partial charge in [-0.15, -0.1) is 0 Å². The minimum Gasteiger partial charge on any atom is -0.490 e. The van der Waals surface area contributed by atoms with E-state index in [1.165, 1.54) is 0 Å². The number of halogens is 1. The minimum atomic E-state index is 0.248. The number of carbonyl (C=O) groups excluding carboxylic acids is 1. The predicted molar refractivity (Wildman–Crippen MR) is 132 cm³/mol. The number of aromatic nitrogens is 1. The number of piperidine rings is 1. The highest BCUT2D eigenvalue weighted by atomic mass is 35.5. The Morgan fingerprint density at radius 2 is 1.78 bits per heavy atom. The van der Waals surface area contributed by atoms with E-state index in [1.54, 1.807) is 0 Å². The number of carbonyl (C=O) groups is 1. The first-order chi connectivity index (χ1) is 15.5.